The smallest absolute Gasteiger partial charge is 0.263 e. The monoisotopic (exact) mass is 506 g/mol. The van der Waals surface area contributed by atoms with Crippen LogP contribution in [0.5, 0.6) is 11.5 Å². The molecule has 4 rings (SSSR count). The van der Waals surface area contributed by atoms with E-state index in [1.165, 1.54) is 18.2 Å². The maximum absolute atomic E-state index is 13.1. The van der Waals surface area contributed by atoms with E-state index in [2.05, 4.69) is 10.0 Å². The highest BCUT2D eigenvalue weighted by Gasteiger charge is 2.21. The van der Waals surface area contributed by atoms with Gasteiger partial charge in [0.05, 0.1) is 16.4 Å². The van der Waals surface area contributed by atoms with Crippen LogP contribution in [0.15, 0.2) is 95.9 Å². The van der Waals surface area contributed by atoms with Crippen molar-refractivity contribution in [1.29, 1.82) is 0 Å². The number of amides is 1. The number of para-hydroxylation sites is 3. The van der Waals surface area contributed by atoms with Crippen molar-refractivity contribution in [3.05, 3.63) is 113 Å². The molecule has 0 heterocycles. The topological polar surface area (TPSA) is 84.5 Å². The van der Waals surface area contributed by atoms with Crippen LogP contribution in [-0.2, 0) is 10.0 Å². The van der Waals surface area contributed by atoms with Crippen molar-refractivity contribution in [1.82, 2.24) is 0 Å². The third-order valence-corrected chi connectivity index (χ3v) is 7.06. The quantitative estimate of drug-likeness (QED) is 0.288. The van der Waals surface area contributed by atoms with Gasteiger partial charge in [0.15, 0.2) is 5.75 Å². The zero-order chi connectivity index (χ0) is 25.0. The first kappa shape index (κ1) is 24.3. The van der Waals surface area contributed by atoms with Gasteiger partial charge in [-0.15, -0.1) is 0 Å². The number of anilines is 2. The number of carbonyl (C=O) groups excluding carboxylic acids is 1. The molecule has 0 saturated carbocycles. The summed E-state index contributed by atoms with van der Waals surface area (Å²) in [5.41, 5.74) is 2.79. The molecule has 0 saturated heterocycles. The van der Waals surface area contributed by atoms with Gasteiger partial charge in [0.25, 0.3) is 15.9 Å². The number of ether oxygens (including phenoxy) is 1. The van der Waals surface area contributed by atoms with Crippen molar-refractivity contribution in [2.75, 3.05) is 10.0 Å². The minimum absolute atomic E-state index is 0.00614. The van der Waals surface area contributed by atoms with Gasteiger partial charge in [-0.2, -0.15) is 0 Å². The van der Waals surface area contributed by atoms with Crippen molar-refractivity contribution < 1.29 is 17.9 Å². The maximum Gasteiger partial charge on any atom is 0.263 e. The average molecular weight is 507 g/mol. The zero-order valence-corrected chi connectivity index (χ0v) is 20.7. The van der Waals surface area contributed by atoms with Gasteiger partial charge in [0.2, 0.25) is 0 Å². The summed E-state index contributed by atoms with van der Waals surface area (Å²) in [6.07, 6.45) is 0. The summed E-state index contributed by atoms with van der Waals surface area (Å²) < 4.78 is 34.7. The first-order chi connectivity index (χ1) is 16.7. The van der Waals surface area contributed by atoms with Crippen LogP contribution in [-0.4, -0.2) is 14.3 Å². The molecular weight excluding hydrogens is 484 g/mol. The first-order valence-electron chi connectivity index (χ1n) is 10.8. The fraction of sp³-hybridized carbons (Fsp3) is 0.0741. The van der Waals surface area contributed by atoms with E-state index >= 15 is 0 Å². The molecule has 0 aliphatic heterocycles. The van der Waals surface area contributed by atoms with E-state index in [4.69, 9.17) is 16.3 Å². The molecule has 35 heavy (non-hydrogen) atoms. The molecule has 178 valence electrons. The molecule has 6 nitrogen and oxygen atoms in total. The van der Waals surface area contributed by atoms with Crippen molar-refractivity contribution in [2.24, 2.45) is 0 Å². The Bertz CT molecular complexity index is 1490. The third kappa shape index (κ3) is 5.82. The molecule has 0 aliphatic rings. The average Bonchev–Trinajstić information content (AvgIpc) is 2.83. The van der Waals surface area contributed by atoms with Crippen LogP contribution in [0.4, 0.5) is 11.4 Å². The van der Waals surface area contributed by atoms with E-state index in [-0.39, 0.29) is 15.5 Å². The minimum Gasteiger partial charge on any atom is -0.455 e. The van der Waals surface area contributed by atoms with Crippen LogP contribution in [0.2, 0.25) is 5.02 Å². The number of sulfonamides is 1. The Hall–Kier alpha value is -3.81. The molecule has 8 heteroatoms. The minimum atomic E-state index is -4.04. The molecule has 0 atom stereocenters. The van der Waals surface area contributed by atoms with Gasteiger partial charge < -0.3 is 10.1 Å². The summed E-state index contributed by atoms with van der Waals surface area (Å²) in [6, 6.07) is 25.6. The van der Waals surface area contributed by atoms with Crippen LogP contribution in [0.1, 0.15) is 21.5 Å². The fourth-order valence-corrected chi connectivity index (χ4v) is 5.10. The van der Waals surface area contributed by atoms with Crippen LogP contribution >= 0.6 is 11.6 Å². The Morgan fingerprint density at radius 1 is 0.829 bits per heavy atom. The lowest BCUT2D eigenvalue weighted by molar-refractivity contribution is 0.102. The van der Waals surface area contributed by atoms with E-state index < -0.39 is 15.9 Å². The number of carbonyl (C=O) groups is 1. The molecule has 0 aliphatic carbocycles. The molecule has 4 aromatic rings. The predicted octanol–water partition coefficient (Wildman–Crippen LogP) is 6.80. The highest BCUT2D eigenvalue weighted by molar-refractivity contribution is 7.92. The number of hydrogen-bond donors (Lipinski definition) is 2. The number of halogens is 1. The van der Waals surface area contributed by atoms with Crippen LogP contribution in [0, 0.1) is 13.8 Å². The molecule has 4 aromatic carbocycles. The van der Waals surface area contributed by atoms with Gasteiger partial charge in [-0.25, -0.2) is 8.42 Å². The van der Waals surface area contributed by atoms with Crippen LogP contribution in [0.3, 0.4) is 0 Å². The van der Waals surface area contributed by atoms with Gasteiger partial charge in [-0.05, 0) is 67.9 Å². The van der Waals surface area contributed by atoms with Gasteiger partial charge in [0, 0.05) is 5.56 Å². The lowest BCUT2D eigenvalue weighted by atomic mass is 10.1. The lowest BCUT2D eigenvalue weighted by Gasteiger charge is -2.14. The SMILES string of the molecule is Cc1ccc(NS(=O)(=O)c2cc(C(=O)Nc3ccccc3Oc3ccccc3)ccc2Cl)c(C)c1. The van der Waals surface area contributed by atoms with Gasteiger partial charge >= 0.3 is 0 Å². The van der Waals surface area contributed by atoms with Crippen LogP contribution in [0.25, 0.3) is 0 Å². The van der Waals surface area contributed by atoms with E-state index in [0.717, 1.165) is 11.1 Å². The highest BCUT2D eigenvalue weighted by atomic mass is 35.5. The van der Waals surface area contributed by atoms with Crippen molar-refractivity contribution in [2.45, 2.75) is 18.7 Å². The van der Waals surface area contributed by atoms with Crippen LogP contribution < -0.4 is 14.8 Å². The number of hydrogen-bond acceptors (Lipinski definition) is 4. The van der Waals surface area contributed by atoms with Crippen molar-refractivity contribution in [3.63, 3.8) is 0 Å². The number of nitrogens with one attached hydrogen (secondary N) is 2. The molecule has 2 N–H and O–H groups in total. The second kappa shape index (κ2) is 10.2. The van der Waals surface area contributed by atoms with Gasteiger partial charge in [-0.3, -0.25) is 9.52 Å². The summed E-state index contributed by atoms with van der Waals surface area (Å²) >= 11 is 6.22. The van der Waals surface area contributed by atoms with Gasteiger partial charge in [0.1, 0.15) is 10.6 Å². The van der Waals surface area contributed by atoms with E-state index in [0.29, 0.717) is 22.9 Å². The van der Waals surface area contributed by atoms with E-state index in [9.17, 15) is 13.2 Å². The summed E-state index contributed by atoms with van der Waals surface area (Å²) in [4.78, 5) is 12.8. The molecule has 0 fully saturated rings. The Morgan fingerprint density at radius 2 is 1.54 bits per heavy atom. The fourth-order valence-electron chi connectivity index (χ4n) is 3.45. The molecular formula is C27H23ClN2O4S. The normalized spacial score (nSPS) is 11.1. The van der Waals surface area contributed by atoms with Gasteiger partial charge in [-0.1, -0.05) is 59.6 Å². The summed E-state index contributed by atoms with van der Waals surface area (Å²) in [7, 11) is -4.04. The largest absolute Gasteiger partial charge is 0.455 e. The highest BCUT2D eigenvalue weighted by Crippen LogP contribution is 2.31. The molecule has 0 spiro atoms. The lowest BCUT2D eigenvalue weighted by Crippen LogP contribution is -2.17. The molecule has 0 bridgehead atoms. The number of rotatable bonds is 7. The molecule has 0 radical (unpaired) electrons. The first-order valence-corrected chi connectivity index (χ1v) is 12.6. The maximum atomic E-state index is 13.1. The standard InChI is InChI=1S/C27H23ClN2O4S/c1-18-12-15-23(19(2)16-18)30-35(32,33)26-17-20(13-14-22(26)28)27(31)29-24-10-6-7-11-25(24)34-21-8-4-3-5-9-21/h3-17,30H,1-2H3,(H,29,31). The van der Waals surface area contributed by atoms with E-state index in [1.54, 1.807) is 42.5 Å². The second-order valence-electron chi connectivity index (χ2n) is 7.93. The number of aryl methyl sites for hydroxylation is 2. The Morgan fingerprint density at radius 3 is 2.29 bits per heavy atom. The van der Waals surface area contributed by atoms with Crippen molar-refractivity contribution in [3.8, 4) is 11.5 Å². The van der Waals surface area contributed by atoms with E-state index in [1.807, 2.05) is 44.2 Å². The summed E-state index contributed by atoms with van der Waals surface area (Å²) in [5, 5.41) is 2.79. The summed E-state index contributed by atoms with van der Waals surface area (Å²) in [5.74, 6) is 0.561. The predicted molar refractivity (Wildman–Crippen MR) is 139 cm³/mol. The Balaban J connectivity index is 1.59. The summed E-state index contributed by atoms with van der Waals surface area (Å²) in [6.45, 7) is 3.73. The Labute approximate surface area is 209 Å². The molecule has 0 unspecified atom stereocenters. The second-order valence-corrected chi connectivity index (χ2v) is 9.99. The Kier molecular flexibility index (Phi) is 7.10. The molecule has 1 amide bonds. The van der Waals surface area contributed by atoms with Crippen molar-refractivity contribution >= 4 is 38.9 Å². The number of benzene rings is 4. The third-order valence-electron chi connectivity index (χ3n) is 5.22. The zero-order valence-electron chi connectivity index (χ0n) is 19.1. The molecule has 0 aromatic heterocycles.